The Kier molecular flexibility index (Phi) is 1.98. The molecule has 3 heteroatoms. The Morgan fingerprint density at radius 2 is 2.33 bits per heavy atom. The summed E-state index contributed by atoms with van der Waals surface area (Å²) < 4.78 is 0. The summed E-state index contributed by atoms with van der Waals surface area (Å²) in [5, 5.41) is 4.32. The lowest BCUT2D eigenvalue weighted by molar-refractivity contribution is 0.504. The molecule has 2 aliphatic rings. The van der Waals surface area contributed by atoms with Gasteiger partial charge in [0.2, 0.25) is 0 Å². The van der Waals surface area contributed by atoms with Gasteiger partial charge in [0.05, 0.1) is 0 Å². The first kappa shape index (κ1) is 9.49. The second-order valence-electron chi connectivity index (χ2n) is 4.72. The average Bonchev–Trinajstić information content (AvgIpc) is 2.76. The van der Waals surface area contributed by atoms with Gasteiger partial charge >= 0.3 is 0 Å². The predicted molar refractivity (Wildman–Crippen MR) is 63.9 cm³/mol. The minimum Gasteiger partial charge on any atom is -0.373 e. The molecule has 0 aromatic heterocycles. The molecule has 1 N–H and O–H groups in total. The van der Waals surface area contributed by atoms with Crippen molar-refractivity contribution in [2.45, 2.75) is 11.8 Å². The topological polar surface area (TPSA) is 15.3 Å². The van der Waals surface area contributed by atoms with Gasteiger partial charge in [0, 0.05) is 36.3 Å². The van der Waals surface area contributed by atoms with Crippen LogP contribution in [0.5, 0.6) is 0 Å². The molecule has 1 aromatic rings. The monoisotopic (exact) mass is 222 g/mol. The van der Waals surface area contributed by atoms with Crippen molar-refractivity contribution in [2.75, 3.05) is 31.6 Å². The van der Waals surface area contributed by atoms with E-state index in [-0.39, 0.29) is 0 Å². The SMILES string of the molecule is CN1C[C@]2(CCNC2)c2cc(Cl)ccc21. The highest BCUT2D eigenvalue weighted by atomic mass is 35.5. The number of anilines is 1. The Labute approximate surface area is 95.2 Å². The second kappa shape index (κ2) is 3.13. The molecule has 1 atom stereocenters. The Hall–Kier alpha value is -0.730. The lowest BCUT2D eigenvalue weighted by atomic mass is 9.82. The van der Waals surface area contributed by atoms with E-state index in [1.165, 1.54) is 17.7 Å². The number of hydrogen-bond acceptors (Lipinski definition) is 2. The van der Waals surface area contributed by atoms with Crippen LogP contribution in [0.15, 0.2) is 18.2 Å². The molecule has 0 aliphatic carbocycles. The third kappa shape index (κ3) is 1.28. The van der Waals surface area contributed by atoms with Crippen molar-refractivity contribution < 1.29 is 0 Å². The summed E-state index contributed by atoms with van der Waals surface area (Å²) in [4.78, 5) is 2.35. The Balaban J connectivity index is 2.15. The molecule has 1 saturated heterocycles. The Morgan fingerprint density at radius 1 is 1.47 bits per heavy atom. The standard InChI is InChI=1S/C12H15ClN2/c1-15-8-12(4-5-14-7-12)10-6-9(13)2-3-11(10)15/h2-3,6,14H,4-5,7-8H2,1H3/t12-/m1/s1. The molecule has 2 nitrogen and oxygen atoms in total. The number of hydrogen-bond donors (Lipinski definition) is 1. The first-order chi connectivity index (χ1) is 7.21. The summed E-state index contributed by atoms with van der Waals surface area (Å²) in [6.07, 6.45) is 1.23. The van der Waals surface area contributed by atoms with Gasteiger partial charge in [0.25, 0.3) is 0 Å². The van der Waals surface area contributed by atoms with Gasteiger partial charge in [0.1, 0.15) is 0 Å². The van der Waals surface area contributed by atoms with E-state index in [0.717, 1.165) is 24.7 Å². The zero-order valence-corrected chi connectivity index (χ0v) is 9.64. The average molecular weight is 223 g/mol. The van der Waals surface area contributed by atoms with Crippen LogP contribution >= 0.6 is 11.6 Å². The lowest BCUT2D eigenvalue weighted by Gasteiger charge is -2.23. The van der Waals surface area contributed by atoms with Gasteiger partial charge in [0.15, 0.2) is 0 Å². The van der Waals surface area contributed by atoms with Crippen molar-refractivity contribution in [3.05, 3.63) is 28.8 Å². The molecule has 0 amide bonds. The summed E-state index contributed by atoms with van der Waals surface area (Å²) in [5.74, 6) is 0. The first-order valence-electron chi connectivity index (χ1n) is 5.43. The number of nitrogens with zero attached hydrogens (tertiary/aromatic N) is 1. The van der Waals surface area contributed by atoms with E-state index in [0.29, 0.717) is 5.41 Å². The second-order valence-corrected chi connectivity index (χ2v) is 5.16. The molecule has 15 heavy (non-hydrogen) atoms. The van der Waals surface area contributed by atoms with Crippen molar-refractivity contribution in [3.8, 4) is 0 Å². The smallest absolute Gasteiger partial charge is 0.0410 e. The van der Waals surface area contributed by atoms with E-state index in [1.54, 1.807) is 0 Å². The van der Waals surface area contributed by atoms with Gasteiger partial charge in [-0.15, -0.1) is 0 Å². The van der Waals surface area contributed by atoms with Crippen LogP contribution < -0.4 is 10.2 Å². The van der Waals surface area contributed by atoms with Crippen LogP contribution in [0.1, 0.15) is 12.0 Å². The molecule has 0 bridgehead atoms. The van der Waals surface area contributed by atoms with Crippen LogP contribution in [0.3, 0.4) is 0 Å². The number of nitrogens with one attached hydrogen (secondary N) is 1. The molecule has 1 spiro atoms. The van der Waals surface area contributed by atoms with Crippen molar-refractivity contribution in [1.29, 1.82) is 0 Å². The van der Waals surface area contributed by atoms with Gasteiger partial charge in [-0.05, 0) is 36.7 Å². The number of fused-ring (bicyclic) bond motifs is 2. The van der Waals surface area contributed by atoms with Gasteiger partial charge in [-0.3, -0.25) is 0 Å². The largest absolute Gasteiger partial charge is 0.373 e. The molecule has 1 aromatic carbocycles. The molecule has 1 fully saturated rings. The summed E-state index contributed by atoms with van der Waals surface area (Å²) in [6.45, 7) is 3.33. The van der Waals surface area contributed by atoms with Crippen molar-refractivity contribution >= 4 is 17.3 Å². The van der Waals surface area contributed by atoms with Gasteiger partial charge in [-0.2, -0.15) is 0 Å². The van der Waals surface area contributed by atoms with Crippen LogP contribution in [-0.4, -0.2) is 26.7 Å². The fourth-order valence-electron chi connectivity index (χ4n) is 3.00. The van der Waals surface area contributed by atoms with Crippen LogP contribution in [0, 0.1) is 0 Å². The molecular formula is C12H15ClN2. The normalized spacial score (nSPS) is 28.8. The number of benzene rings is 1. The van der Waals surface area contributed by atoms with E-state index in [1.807, 2.05) is 6.07 Å². The number of likely N-dealkylation sites (N-methyl/N-ethyl adjacent to an activating group) is 1. The summed E-state index contributed by atoms with van der Waals surface area (Å²) >= 11 is 6.09. The van der Waals surface area contributed by atoms with Gasteiger partial charge < -0.3 is 10.2 Å². The summed E-state index contributed by atoms with van der Waals surface area (Å²) in [6, 6.07) is 6.27. The third-order valence-corrected chi connectivity index (χ3v) is 3.96. The van der Waals surface area contributed by atoms with Crippen molar-refractivity contribution in [3.63, 3.8) is 0 Å². The molecule has 0 radical (unpaired) electrons. The molecule has 80 valence electrons. The molecule has 2 heterocycles. The summed E-state index contributed by atoms with van der Waals surface area (Å²) in [5.41, 5.74) is 3.10. The third-order valence-electron chi connectivity index (χ3n) is 3.72. The molecular weight excluding hydrogens is 208 g/mol. The van der Waals surface area contributed by atoms with Crippen LogP contribution in [0.2, 0.25) is 5.02 Å². The Morgan fingerprint density at radius 3 is 3.07 bits per heavy atom. The van der Waals surface area contributed by atoms with Crippen molar-refractivity contribution in [1.82, 2.24) is 5.32 Å². The molecule has 0 unspecified atom stereocenters. The lowest BCUT2D eigenvalue weighted by Crippen LogP contribution is -2.33. The first-order valence-corrected chi connectivity index (χ1v) is 5.81. The zero-order chi connectivity index (χ0) is 10.5. The van der Waals surface area contributed by atoms with E-state index in [4.69, 9.17) is 11.6 Å². The van der Waals surface area contributed by atoms with Gasteiger partial charge in [-0.1, -0.05) is 11.6 Å². The minimum absolute atomic E-state index is 0.314. The Bertz CT molecular complexity index is 397. The highest BCUT2D eigenvalue weighted by Gasteiger charge is 2.43. The van der Waals surface area contributed by atoms with Crippen LogP contribution in [0.4, 0.5) is 5.69 Å². The summed E-state index contributed by atoms with van der Waals surface area (Å²) in [7, 11) is 2.17. The highest BCUT2D eigenvalue weighted by molar-refractivity contribution is 6.30. The van der Waals surface area contributed by atoms with Crippen LogP contribution in [0.25, 0.3) is 0 Å². The van der Waals surface area contributed by atoms with E-state index < -0.39 is 0 Å². The molecule has 0 saturated carbocycles. The maximum atomic E-state index is 6.09. The van der Waals surface area contributed by atoms with E-state index in [9.17, 15) is 0 Å². The number of rotatable bonds is 0. The fraction of sp³-hybridized carbons (Fsp3) is 0.500. The van der Waals surface area contributed by atoms with E-state index in [2.05, 4.69) is 29.4 Å². The zero-order valence-electron chi connectivity index (χ0n) is 8.89. The van der Waals surface area contributed by atoms with Crippen LogP contribution in [-0.2, 0) is 5.41 Å². The fourth-order valence-corrected chi connectivity index (χ4v) is 3.17. The van der Waals surface area contributed by atoms with E-state index >= 15 is 0 Å². The van der Waals surface area contributed by atoms with Crippen molar-refractivity contribution in [2.24, 2.45) is 0 Å². The maximum absolute atomic E-state index is 6.09. The molecule has 2 aliphatic heterocycles. The maximum Gasteiger partial charge on any atom is 0.0410 e. The minimum atomic E-state index is 0.314. The highest BCUT2D eigenvalue weighted by Crippen LogP contribution is 2.44. The van der Waals surface area contributed by atoms with Gasteiger partial charge in [-0.25, -0.2) is 0 Å². The predicted octanol–water partition coefficient (Wildman–Crippen LogP) is 2.02. The molecule has 3 rings (SSSR count). The quantitative estimate of drug-likeness (QED) is 0.723. The number of halogens is 1.